The molecule has 0 aromatic carbocycles. The Labute approximate surface area is 126 Å². The minimum absolute atomic E-state index is 0.0510. The van der Waals surface area contributed by atoms with Crippen LogP contribution in [-0.2, 0) is 16.6 Å². The second-order valence-electron chi connectivity index (χ2n) is 4.16. The second kappa shape index (κ2) is 7.12. The molecule has 0 aliphatic heterocycles. The largest absolute Gasteiger partial charge is 0.450 e. The van der Waals surface area contributed by atoms with Gasteiger partial charge in [-0.25, -0.2) is 8.42 Å². The van der Waals surface area contributed by atoms with E-state index in [0.29, 0.717) is 0 Å². The molecule has 1 aromatic heterocycles. The smallest absolute Gasteiger partial charge is 0.247 e. The van der Waals surface area contributed by atoms with E-state index >= 15 is 0 Å². The fraction of sp³-hybridized carbons (Fsp3) is 0.636. The molecule has 1 rings (SSSR count). The van der Waals surface area contributed by atoms with Crippen LogP contribution in [0.3, 0.4) is 0 Å². The SMILES string of the molecule is CSCCC(C)N(C)S(=O)(=O)c1cc(CO)oc1Br. The normalized spacial score (nSPS) is 14.0. The summed E-state index contributed by atoms with van der Waals surface area (Å²) in [5, 5.41) is 8.98. The fourth-order valence-corrected chi connectivity index (χ4v) is 4.44. The highest BCUT2D eigenvalue weighted by molar-refractivity contribution is 9.10. The molecule has 0 radical (unpaired) electrons. The molecule has 1 aromatic rings. The summed E-state index contributed by atoms with van der Waals surface area (Å²) in [6.45, 7) is 1.54. The third kappa shape index (κ3) is 3.98. The lowest BCUT2D eigenvalue weighted by Crippen LogP contribution is -2.35. The third-order valence-electron chi connectivity index (χ3n) is 2.88. The molecule has 0 amide bonds. The summed E-state index contributed by atoms with van der Waals surface area (Å²) in [6.07, 6.45) is 2.76. The maximum atomic E-state index is 12.4. The predicted molar refractivity (Wildman–Crippen MR) is 79.7 cm³/mol. The van der Waals surface area contributed by atoms with E-state index < -0.39 is 10.0 Å². The number of sulfonamides is 1. The third-order valence-corrected chi connectivity index (χ3v) is 6.35. The van der Waals surface area contributed by atoms with Gasteiger partial charge in [0.05, 0.1) is 0 Å². The number of nitrogens with zero attached hydrogens (tertiary/aromatic N) is 1. The Bertz CT molecular complexity index is 515. The van der Waals surface area contributed by atoms with E-state index in [4.69, 9.17) is 9.52 Å². The van der Waals surface area contributed by atoms with Gasteiger partial charge in [0.25, 0.3) is 0 Å². The summed E-state index contributed by atoms with van der Waals surface area (Å²) in [5.74, 6) is 1.12. The van der Waals surface area contributed by atoms with Crippen LogP contribution in [0, 0.1) is 0 Å². The number of halogens is 1. The lowest BCUT2D eigenvalue weighted by Gasteiger charge is -2.23. The molecule has 8 heteroatoms. The van der Waals surface area contributed by atoms with Crippen LogP contribution < -0.4 is 0 Å². The van der Waals surface area contributed by atoms with Crippen molar-refractivity contribution in [2.24, 2.45) is 0 Å². The summed E-state index contributed by atoms with van der Waals surface area (Å²) in [6, 6.07) is 1.24. The highest BCUT2D eigenvalue weighted by Crippen LogP contribution is 2.29. The van der Waals surface area contributed by atoms with Crippen LogP contribution in [0.15, 0.2) is 20.0 Å². The van der Waals surface area contributed by atoms with E-state index in [1.165, 1.54) is 10.4 Å². The van der Waals surface area contributed by atoms with Crippen molar-refractivity contribution in [1.82, 2.24) is 4.31 Å². The number of aliphatic hydroxyl groups is 1. The fourth-order valence-electron chi connectivity index (χ4n) is 1.51. The number of hydrogen-bond donors (Lipinski definition) is 1. The molecular formula is C11H18BrNO4S2. The zero-order valence-electron chi connectivity index (χ0n) is 11.1. The van der Waals surface area contributed by atoms with Crippen molar-refractivity contribution in [2.45, 2.75) is 30.9 Å². The first kappa shape index (κ1) is 17.0. The minimum atomic E-state index is -3.62. The van der Waals surface area contributed by atoms with E-state index in [2.05, 4.69) is 15.9 Å². The molecule has 0 saturated carbocycles. The Kier molecular flexibility index (Phi) is 6.38. The molecule has 5 nitrogen and oxygen atoms in total. The molecule has 19 heavy (non-hydrogen) atoms. The number of thioether (sulfide) groups is 1. The summed E-state index contributed by atoms with van der Waals surface area (Å²) in [5.41, 5.74) is 0. The van der Waals surface area contributed by atoms with Crippen molar-refractivity contribution in [3.8, 4) is 0 Å². The Balaban J connectivity index is 2.99. The van der Waals surface area contributed by atoms with Crippen LogP contribution in [0.5, 0.6) is 0 Å². The van der Waals surface area contributed by atoms with Crippen molar-refractivity contribution in [2.75, 3.05) is 19.1 Å². The van der Waals surface area contributed by atoms with Crippen LogP contribution >= 0.6 is 27.7 Å². The van der Waals surface area contributed by atoms with Gasteiger partial charge in [-0.3, -0.25) is 0 Å². The van der Waals surface area contributed by atoms with E-state index in [9.17, 15) is 8.42 Å². The maximum absolute atomic E-state index is 12.4. The summed E-state index contributed by atoms with van der Waals surface area (Å²) < 4.78 is 31.4. The molecule has 0 fully saturated rings. The first-order chi connectivity index (χ1) is 8.84. The lowest BCUT2D eigenvalue weighted by atomic mass is 10.3. The first-order valence-electron chi connectivity index (χ1n) is 5.70. The Hall–Kier alpha value is -0.0200. The van der Waals surface area contributed by atoms with Gasteiger partial charge in [-0.15, -0.1) is 0 Å². The van der Waals surface area contributed by atoms with Crippen LogP contribution in [-0.4, -0.2) is 42.9 Å². The second-order valence-corrected chi connectivity index (χ2v) is 7.83. The van der Waals surface area contributed by atoms with E-state index in [1.807, 2.05) is 13.2 Å². The predicted octanol–water partition coefficient (Wildman–Crippen LogP) is 2.30. The first-order valence-corrected chi connectivity index (χ1v) is 9.33. The molecule has 0 spiro atoms. The molecule has 110 valence electrons. The summed E-state index contributed by atoms with van der Waals surface area (Å²) >= 11 is 4.76. The van der Waals surface area contributed by atoms with E-state index in [-0.39, 0.29) is 28.0 Å². The van der Waals surface area contributed by atoms with Gasteiger partial charge in [0, 0.05) is 19.2 Å². The van der Waals surface area contributed by atoms with Gasteiger partial charge in [0.15, 0.2) is 4.67 Å². The zero-order chi connectivity index (χ0) is 14.6. The Morgan fingerprint density at radius 3 is 2.68 bits per heavy atom. The topological polar surface area (TPSA) is 70.8 Å². The Morgan fingerprint density at radius 2 is 2.21 bits per heavy atom. The Morgan fingerprint density at radius 1 is 1.58 bits per heavy atom. The molecule has 1 atom stereocenters. The van der Waals surface area contributed by atoms with Crippen molar-refractivity contribution in [3.63, 3.8) is 0 Å². The summed E-state index contributed by atoms with van der Waals surface area (Å²) in [4.78, 5) is 0.0510. The van der Waals surface area contributed by atoms with Gasteiger partial charge in [-0.05, 0) is 41.3 Å². The lowest BCUT2D eigenvalue weighted by molar-refractivity contribution is 0.245. The molecule has 0 aliphatic rings. The van der Waals surface area contributed by atoms with Crippen molar-refractivity contribution in [3.05, 3.63) is 16.5 Å². The zero-order valence-corrected chi connectivity index (χ0v) is 14.3. The maximum Gasteiger partial charge on any atom is 0.247 e. The number of furan rings is 1. The quantitative estimate of drug-likeness (QED) is 0.795. The van der Waals surface area contributed by atoms with Gasteiger partial charge in [0.1, 0.15) is 17.3 Å². The van der Waals surface area contributed by atoms with Crippen molar-refractivity contribution in [1.29, 1.82) is 0 Å². The van der Waals surface area contributed by atoms with Crippen LogP contribution in [0.25, 0.3) is 0 Å². The van der Waals surface area contributed by atoms with E-state index in [0.717, 1.165) is 12.2 Å². The molecule has 1 unspecified atom stereocenters. The van der Waals surface area contributed by atoms with Gasteiger partial charge < -0.3 is 9.52 Å². The highest BCUT2D eigenvalue weighted by Gasteiger charge is 2.29. The standard InChI is InChI=1S/C11H18BrNO4S2/c1-8(4-5-18-3)13(2)19(15,16)10-6-9(7-14)17-11(10)12/h6,8,14H,4-5,7H2,1-3H3. The molecule has 1 N–H and O–H groups in total. The van der Waals surface area contributed by atoms with Crippen molar-refractivity contribution < 1.29 is 17.9 Å². The van der Waals surface area contributed by atoms with Gasteiger partial charge in [-0.2, -0.15) is 16.1 Å². The molecule has 0 aliphatic carbocycles. The van der Waals surface area contributed by atoms with E-state index in [1.54, 1.807) is 18.8 Å². The summed E-state index contributed by atoms with van der Waals surface area (Å²) in [7, 11) is -2.06. The van der Waals surface area contributed by atoms with Crippen LogP contribution in [0.2, 0.25) is 0 Å². The average Bonchev–Trinajstić information content (AvgIpc) is 2.76. The monoisotopic (exact) mass is 371 g/mol. The van der Waals surface area contributed by atoms with Gasteiger partial charge in [-0.1, -0.05) is 0 Å². The van der Waals surface area contributed by atoms with Crippen LogP contribution in [0.4, 0.5) is 0 Å². The molecule has 0 bridgehead atoms. The van der Waals surface area contributed by atoms with Crippen LogP contribution in [0.1, 0.15) is 19.1 Å². The number of rotatable bonds is 7. The van der Waals surface area contributed by atoms with Gasteiger partial charge >= 0.3 is 0 Å². The molecule has 1 heterocycles. The average molecular weight is 372 g/mol. The molecule has 0 saturated heterocycles. The minimum Gasteiger partial charge on any atom is -0.450 e. The molecular weight excluding hydrogens is 354 g/mol. The number of hydrogen-bond acceptors (Lipinski definition) is 5. The van der Waals surface area contributed by atoms with Crippen molar-refractivity contribution >= 4 is 37.7 Å². The number of aliphatic hydroxyl groups excluding tert-OH is 1. The highest BCUT2D eigenvalue weighted by atomic mass is 79.9. The van der Waals surface area contributed by atoms with Gasteiger partial charge in [0.2, 0.25) is 10.0 Å².